The van der Waals surface area contributed by atoms with Gasteiger partial charge in [0.15, 0.2) is 0 Å². The zero-order valence-electron chi connectivity index (χ0n) is 13.3. The molecule has 1 amide bonds. The van der Waals surface area contributed by atoms with Crippen molar-refractivity contribution in [1.82, 2.24) is 9.97 Å². The highest BCUT2D eigenvalue weighted by molar-refractivity contribution is 5.99. The van der Waals surface area contributed by atoms with Crippen LogP contribution < -0.4 is 11.1 Å². The summed E-state index contributed by atoms with van der Waals surface area (Å²) in [6.07, 6.45) is 4.94. The highest BCUT2D eigenvalue weighted by Crippen LogP contribution is 2.48. The number of hydrogen-bond donors (Lipinski definition) is 2. The number of rotatable bonds is 6. The molecule has 0 saturated heterocycles. The van der Waals surface area contributed by atoms with Crippen molar-refractivity contribution in [1.29, 1.82) is 0 Å². The number of nitrogens with two attached hydrogens (primary N) is 1. The molecule has 2 heterocycles. The Hall–Kier alpha value is -2.63. The van der Waals surface area contributed by atoms with Crippen molar-refractivity contribution in [3.8, 4) is 0 Å². The van der Waals surface area contributed by atoms with E-state index in [0.29, 0.717) is 18.1 Å². The molecule has 1 aliphatic carbocycles. The van der Waals surface area contributed by atoms with Crippen LogP contribution in [0.4, 0.5) is 5.82 Å². The zero-order valence-corrected chi connectivity index (χ0v) is 13.3. The molecule has 3 rings (SSSR count). The Morgan fingerprint density at radius 1 is 1.39 bits per heavy atom. The van der Waals surface area contributed by atoms with Crippen LogP contribution in [0, 0.1) is 0 Å². The third kappa shape index (κ3) is 2.40. The molecule has 2 aromatic heterocycles. The maximum Gasteiger partial charge on any atom is 0.229 e. The molecular weight excluding hydrogens is 292 g/mol. The average molecular weight is 312 g/mol. The molecular formula is C17H20N4O2. The number of hydrogen-bond acceptors (Lipinski definition) is 5. The Kier molecular flexibility index (Phi) is 3.67. The molecule has 0 bridgehead atoms. The summed E-state index contributed by atoms with van der Waals surface area (Å²) in [5, 5.41) is 4.81. The van der Waals surface area contributed by atoms with Gasteiger partial charge in [-0.05, 0) is 25.8 Å². The van der Waals surface area contributed by atoms with Gasteiger partial charge >= 0.3 is 0 Å². The Morgan fingerprint density at radius 3 is 2.70 bits per heavy atom. The van der Waals surface area contributed by atoms with Crippen LogP contribution in [0.2, 0.25) is 0 Å². The van der Waals surface area contributed by atoms with Crippen LogP contribution in [0.5, 0.6) is 0 Å². The van der Waals surface area contributed by atoms with E-state index in [9.17, 15) is 4.79 Å². The number of amides is 1. The van der Waals surface area contributed by atoms with Crippen molar-refractivity contribution in [2.24, 2.45) is 5.73 Å². The molecule has 6 nitrogen and oxygen atoms in total. The van der Waals surface area contributed by atoms with Crippen LogP contribution in [0.25, 0.3) is 16.5 Å². The van der Waals surface area contributed by atoms with E-state index in [0.717, 1.165) is 35.0 Å². The van der Waals surface area contributed by atoms with E-state index in [1.165, 1.54) is 0 Å². The fourth-order valence-electron chi connectivity index (χ4n) is 2.82. The smallest absolute Gasteiger partial charge is 0.229 e. The molecule has 2 aromatic rings. The number of fused-ring (bicyclic) bond motifs is 1. The van der Waals surface area contributed by atoms with Gasteiger partial charge in [0.25, 0.3) is 0 Å². The number of carbonyl (C=O) groups is 1. The molecule has 0 aliphatic heterocycles. The lowest BCUT2D eigenvalue weighted by molar-refractivity contribution is -0.120. The number of nitrogens with zero attached hydrogens (tertiary/aromatic N) is 2. The first-order valence-corrected chi connectivity index (χ1v) is 7.62. The summed E-state index contributed by atoms with van der Waals surface area (Å²) in [7, 11) is 1.80. The predicted octanol–water partition coefficient (Wildman–Crippen LogP) is 2.20. The molecule has 1 fully saturated rings. The van der Waals surface area contributed by atoms with Crippen LogP contribution in [-0.2, 0) is 14.9 Å². The van der Waals surface area contributed by atoms with E-state index in [1.807, 2.05) is 13.0 Å². The normalized spacial score (nSPS) is 15.2. The quantitative estimate of drug-likeness (QED) is 0.798. The lowest BCUT2D eigenvalue weighted by Crippen LogP contribution is -2.29. The van der Waals surface area contributed by atoms with Crippen molar-refractivity contribution in [2.45, 2.75) is 25.2 Å². The van der Waals surface area contributed by atoms with Gasteiger partial charge in [-0.2, -0.15) is 0 Å². The number of primary amides is 1. The molecule has 6 heteroatoms. The first-order valence-electron chi connectivity index (χ1n) is 7.62. The van der Waals surface area contributed by atoms with Crippen molar-refractivity contribution in [3.63, 3.8) is 0 Å². The summed E-state index contributed by atoms with van der Waals surface area (Å²) >= 11 is 0. The molecule has 0 spiro atoms. The van der Waals surface area contributed by atoms with E-state index < -0.39 is 5.41 Å². The first-order chi connectivity index (χ1) is 11.0. The molecule has 23 heavy (non-hydrogen) atoms. The molecule has 0 radical (unpaired) electrons. The van der Waals surface area contributed by atoms with Crippen molar-refractivity contribution in [2.75, 3.05) is 19.0 Å². The third-order valence-electron chi connectivity index (χ3n) is 4.34. The topological polar surface area (TPSA) is 90.1 Å². The van der Waals surface area contributed by atoms with Gasteiger partial charge in [0.05, 0.1) is 17.7 Å². The van der Waals surface area contributed by atoms with Gasteiger partial charge < -0.3 is 15.8 Å². The summed E-state index contributed by atoms with van der Waals surface area (Å²) in [5.41, 5.74) is 6.44. The fraction of sp³-hybridized carbons (Fsp3) is 0.353. The summed E-state index contributed by atoms with van der Waals surface area (Å²) in [6.45, 7) is 6.40. The van der Waals surface area contributed by atoms with E-state index >= 15 is 0 Å². The molecule has 3 N–H and O–H groups in total. The van der Waals surface area contributed by atoms with Crippen LogP contribution in [0.15, 0.2) is 25.0 Å². The Labute approximate surface area is 134 Å². The van der Waals surface area contributed by atoms with Gasteiger partial charge in [-0.3, -0.25) is 9.78 Å². The first kappa shape index (κ1) is 15.3. The van der Waals surface area contributed by atoms with Gasteiger partial charge in [0.2, 0.25) is 5.91 Å². The predicted molar refractivity (Wildman–Crippen MR) is 89.9 cm³/mol. The molecule has 0 unspecified atom stereocenters. The number of aromatic nitrogens is 2. The number of nitrogens with one attached hydrogen (secondary N) is 1. The monoisotopic (exact) mass is 312 g/mol. The van der Waals surface area contributed by atoms with Gasteiger partial charge in [-0.1, -0.05) is 6.58 Å². The summed E-state index contributed by atoms with van der Waals surface area (Å²) in [6, 6.07) is 1.91. The van der Waals surface area contributed by atoms with Crippen LogP contribution >= 0.6 is 0 Å². The van der Waals surface area contributed by atoms with Crippen molar-refractivity contribution >= 4 is 28.3 Å². The molecule has 1 aliphatic rings. The largest absolute Gasteiger partial charge is 0.494 e. The van der Waals surface area contributed by atoms with Crippen molar-refractivity contribution < 1.29 is 9.53 Å². The molecule has 0 atom stereocenters. The zero-order chi connectivity index (χ0) is 16.6. The number of carbonyl (C=O) groups excluding carboxylic acids is 1. The summed E-state index contributed by atoms with van der Waals surface area (Å²) in [5.74, 6) is 0.946. The van der Waals surface area contributed by atoms with Gasteiger partial charge in [0.1, 0.15) is 11.6 Å². The molecule has 120 valence electrons. The Balaban J connectivity index is 2.21. The highest BCUT2D eigenvalue weighted by Gasteiger charge is 2.51. The van der Waals surface area contributed by atoms with E-state index in [4.69, 9.17) is 10.5 Å². The standard InChI is InChI=1S/C17H20N4O2/c1-4-23-10(2)12-8-21-15(19-3)13-9-20-14(7-11(12)13)17(5-6-17)16(18)22/h7-9H,2,4-6H2,1,3H3,(H2,18,22)(H,19,21). The second kappa shape index (κ2) is 5.53. The maximum absolute atomic E-state index is 11.8. The lowest BCUT2D eigenvalue weighted by Gasteiger charge is -2.15. The van der Waals surface area contributed by atoms with Crippen LogP contribution in [-0.4, -0.2) is 29.5 Å². The minimum atomic E-state index is -0.624. The number of pyridine rings is 2. The maximum atomic E-state index is 11.8. The van der Waals surface area contributed by atoms with E-state index in [-0.39, 0.29) is 5.91 Å². The van der Waals surface area contributed by atoms with Gasteiger partial charge in [0, 0.05) is 35.8 Å². The minimum Gasteiger partial charge on any atom is -0.494 e. The number of anilines is 1. The second-order valence-corrected chi connectivity index (χ2v) is 5.69. The Bertz CT molecular complexity index is 797. The minimum absolute atomic E-state index is 0.322. The summed E-state index contributed by atoms with van der Waals surface area (Å²) < 4.78 is 5.53. The fourth-order valence-corrected chi connectivity index (χ4v) is 2.82. The molecule has 1 saturated carbocycles. The van der Waals surface area contributed by atoms with Crippen LogP contribution in [0.1, 0.15) is 31.0 Å². The third-order valence-corrected chi connectivity index (χ3v) is 4.34. The molecule has 0 aromatic carbocycles. The van der Waals surface area contributed by atoms with E-state index in [1.54, 1.807) is 19.4 Å². The Morgan fingerprint density at radius 2 is 2.13 bits per heavy atom. The van der Waals surface area contributed by atoms with Gasteiger partial charge in [-0.15, -0.1) is 0 Å². The SMILES string of the molecule is C=C(OCC)c1cnc(NC)c2cnc(C3(C(N)=O)CC3)cc12. The van der Waals surface area contributed by atoms with Crippen molar-refractivity contribution in [3.05, 3.63) is 36.3 Å². The van der Waals surface area contributed by atoms with Crippen LogP contribution in [0.3, 0.4) is 0 Å². The van der Waals surface area contributed by atoms with Gasteiger partial charge in [-0.25, -0.2) is 4.98 Å². The highest BCUT2D eigenvalue weighted by atomic mass is 16.5. The number of ether oxygens (including phenoxy) is 1. The summed E-state index contributed by atoms with van der Waals surface area (Å²) in [4.78, 5) is 20.6. The van der Waals surface area contributed by atoms with E-state index in [2.05, 4.69) is 21.9 Å². The lowest BCUT2D eigenvalue weighted by atomic mass is 9.97. The average Bonchev–Trinajstić information content (AvgIpc) is 3.35. The second-order valence-electron chi connectivity index (χ2n) is 5.69.